The maximum Gasteiger partial charge on any atom is 0.252 e. The molecule has 1 N–H and O–H groups in total. The minimum atomic E-state index is -0.0709. The number of nitrogens with one attached hydrogen (secondary N) is 1. The van der Waals surface area contributed by atoms with Crippen LogP contribution in [0.1, 0.15) is 27.3 Å². The Hall–Kier alpha value is -1.81. The average molecular weight is 294 g/mol. The quantitative estimate of drug-likeness (QED) is 0.941. The molecule has 0 aliphatic heterocycles. The van der Waals surface area contributed by atoms with E-state index in [1.807, 2.05) is 0 Å². The summed E-state index contributed by atoms with van der Waals surface area (Å²) >= 11 is 0. The summed E-state index contributed by atoms with van der Waals surface area (Å²) in [5, 5.41) is 2.92. The lowest BCUT2D eigenvalue weighted by Gasteiger charge is -2.05. The maximum atomic E-state index is 11.8. The first-order valence-corrected chi connectivity index (χ1v) is 6.39. The Morgan fingerprint density at radius 1 is 1.40 bits per heavy atom. The molecule has 0 aliphatic carbocycles. The van der Waals surface area contributed by atoms with Gasteiger partial charge in [0.1, 0.15) is 0 Å². The van der Waals surface area contributed by atoms with Crippen molar-refractivity contribution in [2.45, 2.75) is 20.3 Å². The number of amides is 1. The van der Waals surface area contributed by atoms with E-state index in [0.29, 0.717) is 12.1 Å². The number of nitrogens with zero attached hydrogens (tertiary/aromatic N) is 2. The van der Waals surface area contributed by atoms with Crippen LogP contribution in [-0.2, 0) is 13.5 Å². The monoisotopic (exact) mass is 293 g/mol. The van der Waals surface area contributed by atoms with Crippen LogP contribution in [0.3, 0.4) is 0 Å². The van der Waals surface area contributed by atoms with Crippen LogP contribution in [0.15, 0.2) is 30.6 Å². The van der Waals surface area contributed by atoms with E-state index in [4.69, 9.17) is 0 Å². The Morgan fingerprint density at radius 2 is 2.15 bits per heavy atom. The van der Waals surface area contributed by atoms with Gasteiger partial charge in [-0.05, 0) is 44.0 Å². The molecule has 1 amide bonds. The highest BCUT2D eigenvalue weighted by Crippen LogP contribution is 2.13. The van der Waals surface area contributed by atoms with Crippen LogP contribution in [-0.4, -0.2) is 22.0 Å². The molecular weight excluding hydrogens is 274 g/mol. The van der Waals surface area contributed by atoms with Crippen molar-refractivity contribution in [3.63, 3.8) is 0 Å². The highest BCUT2D eigenvalue weighted by Gasteiger charge is 2.07. The molecule has 0 atom stereocenters. The largest absolute Gasteiger partial charge is 0.352 e. The van der Waals surface area contributed by atoms with Crippen LogP contribution >= 0.6 is 12.4 Å². The van der Waals surface area contributed by atoms with Crippen molar-refractivity contribution in [1.29, 1.82) is 0 Å². The molecular formula is C15H20ClN3O. The summed E-state index contributed by atoms with van der Waals surface area (Å²) in [6.45, 7) is 4.83. The van der Waals surface area contributed by atoms with E-state index in [2.05, 4.69) is 41.8 Å². The van der Waals surface area contributed by atoms with Crippen LogP contribution in [0.2, 0.25) is 0 Å². The summed E-state index contributed by atoms with van der Waals surface area (Å²) < 4.78 is 2.16. The molecule has 0 saturated carbocycles. The van der Waals surface area contributed by atoms with Gasteiger partial charge in [-0.25, -0.2) is 0 Å². The lowest BCUT2D eigenvalue weighted by Crippen LogP contribution is -2.25. The second-order valence-electron chi connectivity index (χ2n) is 4.70. The molecule has 0 fully saturated rings. The first-order valence-electron chi connectivity index (χ1n) is 6.39. The number of aryl methyl sites for hydroxylation is 1. The Labute approximate surface area is 125 Å². The fourth-order valence-corrected chi connectivity index (χ4v) is 2.10. The average Bonchev–Trinajstić information content (AvgIpc) is 2.67. The first-order chi connectivity index (χ1) is 9.09. The number of aromatic nitrogens is 2. The van der Waals surface area contributed by atoms with Crippen molar-refractivity contribution >= 4 is 18.3 Å². The van der Waals surface area contributed by atoms with Gasteiger partial charge in [-0.3, -0.25) is 9.78 Å². The second-order valence-corrected chi connectivity index (χ2v) is 4.70. The van der Waals surface area contributed by atoms with Gasteiger partial charge in [-0.2, -0.15) is 0 Å². The molecule has 0 radical (unpaired) electrons. The number of pyridine rings is 1. The predicted molar refractivity (Wildman–Crippen MR) is 82.4 cm³/mol. The summed E-state index contributed by atoms with van der Waals surface area (Å²) in [7, 11) is 2.06. The molecule has 108 valence electrons. The lowest BCUT2D eigenvalue weighted by molar-refractivity contribution is 0.0954. The molecule has 5 heteroatoms. The molecule has 0 spiro atoms. The molecule has 20 heavy (non-hydrogen) atoms. The molecule has 2 aromatic rings. The van der Waals surface area contributed by atoms with Crippen molar-refractivity contribution in [3.05, 3.63) is 53.1 Å². The molecule has 0 unspecified atom stereocenters. The van der Waals surface area contributed by atoms with Crippen molar-refractivity contribution < 1.29 is 4.79 Å². The summed E-state index contributed by atoms with van der Waals surface area (Å²) in [4.78, 5) is 15.8. The van der Waals surface area contributed by atoms with Gasteiger partial charge in [0.05, 0.1) is 5.56 Å². The minimum Gasteiger partial charge on any atom is -0.352 e. The summed E-state index contributed by atoms with van der Waals surface area (Å²) in [5.74, 6) is -0.0709. The van der Waals surface area contributed by atoms with E-state index in [0.717, 1.165) is 6.42 Å². The first kappa shape index (κ1) is 16.2. The van der Waals surface area contributed by atoms with Crippen LogP contribution in [0.5, 0.6) is 0 Å². The normalized spacial score (nSPS) is 9.95. The second kappa shape index (κ2) is 7.10. The Balaban J connectivity index is 0.00000200. The van der Waals surface area contributed by atoms with E-state index < -0.39 is 0 Å². The third-order valence-electron chi connectivity index (χ3n) is 3.48. The molecule has 2 rings (SSSR count). The number of carbonyl (C=O) groups excluding carboxylic acids is 1. The molecule has 2 heterocycles. The topological polar surface area (TPSA) is 46.9 Å². The smallest absolute Gasteiger partial charge is 0.252 e. The Morgan fingerprint density at radius 3 is 2.70 bits per heavy atom. The fourth-order valence-electron chi connectivity index (χ4n) is 2.10. The lowest BCUT2D eigenvalue weighted by atomic mass is 10.2. The summed E-state index contributed by atoms with van der Waals surface area (Å²) in [6, 6.07) is 5.70. The highest BCUT2D eigenvalue weighted by atomic mass is 35.5. The van der Waals surface area contributed by atoms with Gasteiger partial charge in [0.2, 0.25) is 0 Å². The SMILES string of the molecule is Cc1cc(CCNC(=O)c2cccnc2)c(C)n1C.Cl. The van der Waals surface area contributed by atoms with Gasteiger partial charge in [-0.15, -0.1) is 12.4 Å². The van der Waals surface area contributed by atoms with Crippen LogP contribution < -0.4 is 5.32 Å². The van der Waals surface area contributed by atoms with E-state index in [-0.39, 0.29) is 18.3 Å². The van der Waals surface area contributed by atoms with Crippen LogP contribution in [0.25, 0.3) is 0 Å². The molecule has 0 bridgehead atoms. The minimum absolute atomic E-state index is 0. The number of hydrogen-bond donors (Lipinski definition) is 1. The van der Waals surface area contributed by atoms with E-state index in [9.17, 15) is 4.79 Å². The van der Waals surface area contributed by atoms with Crippen molar-refractivity contribution in [2.75, 3.05) is 6.54 Å². The zero-order valence-corrected chi connectivity index (χ0v) is 12.8. The van der Waals surface area contributed by atoms with E-state index in [1.54, 1.807) is 24.5 Å². The third-order valence-corrected chi connectivity index (χ3v) is 3.48. The van der Waals surface area contributed by atoms with Crippen molar-refractivity contribution in [1.82, 2.24) is 14.9 Å². The van der Waals surface area contributed by atoms with Gasteiger partial charge < -0.3 is 9.88 Å². The molecule has 4 nitrogen and oxygen atoms in total. The van der Waals surface area contributed by atoms with E-state index >= 15 is 0 Å². The van der Waals surface area contributed by atoms with Crippen LogP contribution in [0, 0.1) is 13.8 Å². The van der Waals surface area contributed by atoms with Gasteiger partial charge in [0, 0.05) is 37.4 Å². The van der Waals surface area contributed by atoms with Crippen molar-refractivity contribution in [2.24, 2.45) is 7.05 Å². The molecule has 0 aromatic carbocycles. The van der Waals surface area contributed by atoms with Gasteiger partial charge in [-0.1, -0.05) is 0 Å². The van der Waals surface area contributed by atoms with Gasteiger partial charge >= 0.3 is 0 Å². The van der Waals surface area contributed by atoms with Crippen molar-refractivity contribution in [3.8, 4) is 0 Å². The maximum absolute atomic E-state index is 11.8. The number of halogens is 1. The zero-order chi connectivity index (χ0) is 13.8. The molecule has 2 aromatic heterocycles. The number of rotatable bonds is 4. The fraction of sp³-hybridized carbons (Fsp3) is 0.333. The summed E-state index contributed by atoms with van der Waals surface area (Å²) in [6.07, 6.45) is 4.08. The predicted octanol–water partition coefficient (Wildman–Crippen LogP) is 2.43. The molecule has 0 saturated heterocycles. The summed E-state index contributed by atoms with van der Waals surface area (Å²) in [5.41, 5.74) is 4.38. The Kier molecular flexibility index (Phi) is 5.77. The highest BCUT2D eigenvalue weighted by molar-refractivity contribution is 5.93. The van der Waals surface area contributed by atoms with Gasteiger partial charge in [0.15, 0.2) is 0 Å². The Bertz CT molecular complexity index is 578. The van der Waals surface area contributed by atoms with E-state index in [1.165, 1.54) is 17.0 Å². The van der Waals surface area contributed by atoms with Crippen LogP contribution in [0.4, 0.5) is 0 Å². The number of hydrogen-bond acceptors (Lipinski definition) is 2. The molecule has 0 aliphatic rings. The number of carbonyl (C=O) groups is 1. The zero-order valence-electron chi connectivity index (χ0n) is 12.0. The third kappa shape index (κ3) is 3.61. The van der Waals surface area contributed by atoms with Gasteiger partial charge in [0.25, 0.3) is 5.91 Å². The standard InChI is InChI=1S/C15H19N3O.ClH/c1-11-9-13(12(2)18(11)3)6-8-17-15(19)14-5-4-7-16-10-14;/h4-5,7,9-10H,6,8H2,1-3H3,(H,17,19);1H.